The second kappa shape index (κ2) is 5.32. The summed E-state index contributed by atoms with van der Waals surface area (Å²) in [5.41, 5.74) is 1.98. The molecule has 1 aliphatic rings. The monoisotopic (exact) mass is 234 g/mol. The Morgan fingerprint density at radius 1 is 1.35 bits per heavy atom. The Bertz CT molecular complexity index is 412. The van der Waals surface area contributed by atoms with E-state index in [0.29, 0.717) is 13.0 Å². The van der Waals surface area contributed by atoms with Gasteiger partial charge in [-0.05, 0) is 37.1 Å². The topological polar surface area (TPSA) is 35.5 Å². The van der Waals surface area contributed by atoms with Crippen LogP contribution in [-0.4, -0.2) is 25.6 Å². The Labute approximate surface area is 102 Å². The van der Waals surface area contributed by atoms with Gasteiger partial charge >= 0.3 is 0 Å². The summed E-state index contributed by atoms with van der Waals surface area (Å²) in [6.45, 7) is 2.72. The molecule has 0 N–H and O–H groups in total. The maximum absolute atomic E-state index is 11.5. The average Bonchev–Trinajstić information content (AvgIpc) is 2.68. The molecule has 0 radical (unpaired) electrons. The van der Waals surface area contributed by atoms with E-state index in [-0.39, 0.29) is 11.9 Å². The molecule has 92 valence electrons. The first-order valence-electron chi connectivity index (χ1n) is 6.02. The Morgan fingerprint density at radius 3 is 2.94 bits per heavy atom. The molecule has 3 heteroatoms. The minimum Gasteiger partial charge on any atom is -0.491 e. The van der Waals surface area contributed by atoms with E-state index in [4.69, 9.17) is 9.47 Å². The first kappa shape index (κ1) is 12.1. The number of rotatable bonds is 5. The fourth-order valence-corrected chi connectivity index (χ4v) is 2.08. The van der Waals surface area contributed by atoms with Crippen LogP contribution in [0, 0.1) is 0 Å². The van der Waals surface area contributed by atoms with Crippen LogP contribution >= 0.6 is 0 Å². The summed E-state index contributed by atoms with van der Waals surface area (Å²) in [5.74, 6) is 1.10. The van der Waals surface area contributed by atoms with Gasteiger partial charge in [0.25, 0.3) is 0 Å². The van der Waals surface area contributed by atoms with Crippen molar-refractivity contribution in [1.29, 1.82) is 0 Å². The first-order valence-corrected chi connectivity index (χ1v) is 6.02. The number of carbonyl (C=O) groups is 1. The van der Waals surface area contributed by atoms with Crippen LogP contribution in [0.4, 0.5) is 0 Å². The highest BCUT2D eigenvalue weighted by Gasteiger charge is 2.19. The Morgan fingerprint density at radius 2 is 2.18 bits per heavy atom. The number of fused-ring (bicyclic) bond motifs is 1. The summed E-state index contributed by atoms with van der Waals surface area (Å²) >= 11 is 0. The van der Waals surface area contributed by atoms with E-state index in [9.17, 15) is 4.79 Å². The van der Waals surface area contributed by atoms with Gasteiger partial charge in [0, 0.05) is 32.1 Å². The summed E-state index contributed by atoms with van der Waals surface area (Å²) in [6, 6.07) is 5.75. The van der Waals surface area contributed by atoms with E-state index in [2.05, 4.69) is 0 Å². The van der Waals surface area contributed by atoms with Crippen LogP contribution in [0.15, 0.2) is 18.2 Å². The molecule has 3 nitrogen and oxygen atoms in total. The lowest BCUT2D eigenvalue weighted by atomic mass is 10.1. The highest BCUT2D eigenvalue weighted by molar-refractivity contribution is 6.00. The highest BCUT2D eigenvalue weighted by atomic mass is 16.5. The van der Waals surface area contributed by atoms with E-state index in [0.717, 1.165) is 29.7 Å². The largest absolute Gasteiger partial charge is 0.491 e. The van der Waals surface area contributed by atoms with E-state index in [1.165, 1.54) is 0 Å². The van der Waals surface area contributed by atoms with E-state index in [1.54, 1.807) is 7.11 Å². The van der Waals surface area contributed by atoms with Crippen molar-refractivity contribution in [1.82, 2.24) is 0 Å². The molecule has 0 spiro atoms. The Kier molecular flexibility index (Phi) is 3.79. The second-order valence-electron chi connectivity index (χ2n) is 4.45. The van der Waals surface area contributed by atoms with Crippen LogP contribution in [0.25, 0.3) is 0 Å². The Balaban J connectivity index is 2.01. The maximum Gasteiger partial charge on any atom is 0.163 e. The zero-order valence-corrected chi connectivity index (χ0v) is 10.4. The molecular weight excluding hydrogens is 216 g/mol. The molecule has 1 unspecified atom stereocenters. The minimum atomic E-state index is 0.130. The van der Waals surface area contributed by atoms with Crippen LogP contribution in [0.3, 0.4) is 0 Å². The highest BCUT2D eigenvalue weighted by Crippen LogP contribution is 2.26. The van der Waals surface area contributed by atoms with Crippen molar-refractivity contribution in [3.8, 4) is 5.75 Å². The smallest absolute Gasteiger partial charge is 0.163 e. The molecule has 0 heterocycles. The summed E-state index contributed by atoms with van der Waals surface area (Å²) in [5, 5.41) is 0. The van der Waals surface area contributed by atoms with Crippen LogP contribution in [-0.2, 0) is 11.2 Å². The maximum atomic E-state index is 11.5. The van der Waals surface area contributed by atoms with Crippen molar-refractivity contribution < 1.29 is 14.3 Å². The third-order valence-electron chi connectivity index (χ3n) is 3.06. The zero-order chi connectivity index (χ0) is 12.3. The molecule has 17 heavy (non-hydrogen) atoms. The fourth-order valence-electron chi connectivity index (χ4n) is 2.08. The van der Waals surface area contributed by atoms with Crippen LogP contribution in [0.5, 0.6) is 5.75 Å². The standard InChI is InChI=1S/C14H18O3/c1-10(7-8-16-2)17-12-4-5-13-11(9-12)3-6-14(13)15/h4-5,9-10H,3,6-8H2,1-2H3. The molecule has 1 aromatic rings. The quantitative estimate of drug-likeness (QED) is 0.785. The molecule has 1 aliphatic carbocycles. The van der Waals surface area contributed by atoms with Crippen molar-refractivity contribution in [2.24, 2.45) is 0 Å². The predicted molar refractivity (Wildman–Crippen MR) is 65.7 cm³/mol. The van der Waals surface area contributed by atoms with Gasteiger partial charge in [-0.2, -0.15) is 0 Å². The lowest BCUT2D eigenvalue weighted by molar-refractivity contribution is 0.0994. The number of aryl methyl sites for hydroxylation is 1. The zero-order valence-electron chi connectivity index (χ0n) is 10.4. The first-order chi connectivity index (χ1) is 8.20. The van der Waals surface area contributed by atoms with Gasteiger partial charge < -0.3 is 9.47 Å². The number of hydrogen-bond donors (Lipinski definition) is 0. The van der Waals surface area contributed by atoms with Crippen molar-refractivity contribution in [2.75, 3.05) is 13.7 Å². The van der Waals surface area contributed by atoms with Gasteiger partial charge in [0.2, 0.25) is 0 Å². The minimum absolute atomic E-state index is 0.130. The van der Waals surface area contributed by atoms with Gasteiger partial charge in [-0.15, -0.1) is 0 Å². The van der Waals surface area contributed by atoms with Gasteiger partial charge in [0.1, 0.15) is 5.75 Å². The number of methoxy groups -OCH3 is 1. The number of carbonyl (C=O) groups excluding carboxylic acids is 1. The number of hydrogen-bond acceptors (Lipinski definition) is 3. The van der Waals surface area contributed by atoms with Gasteiger partial charge in [0.15, 0.2) is 5.78 Å². The van der Waals surface area contributed by atoms with Gasteiger partial charge in [0.05, 0.1) is 6.10 Å². The predicted octanol–water partition coefficient (Wildman–Crippen LogP) is 2.62. The van der Waals surface area contributed by atoms with Crippen molar-refractivity contribution in [2.45, 2.75) is 32.3 Å². The Hall–Kier alpha value is -1.35. The molecule has 1 atom stereocenters. The SMILES string of the molecule is COCCC(C)Oc1ccc2c(c1)CCC2=O. The lowest BCUT2D eigenvalue weighted by Crippen LogP contribution is -2.14. The summed E-state index contributed by atoms with van der Waals surface area (Å²) in [7, 11) is 1.69. The fraction of sp³-hybridized carbons (Fsp3) is 0.500. The molecule has 0 saturated heterocycles. The lowest BCUT2D eigenvalue weighted by Gasteiger charge is -2.14. The second-order valence-corrected chi connectivity index (χ2v) is 4.45. The average molecular weight is 234 g/mol. The van der Waals surface area contributed by atoms with E-state index >= 15 is 0 Å². The van der Waals surface area contributed by atoms with Crippen molar-refractivity contribution in [3.05, 3.63) is 29.3 Å². The number of benzene rings is 1. The summed E-state index contributed by atoms with van der Waals surface area (Å²) < 4.78 is 10.8. The molecule has 0 aromatic heterocycles. The van der Waals surface area contributed by atoms with Crippen molar-refractivity contribution in [3.63, 3.8) is 0 Å². The molecule has 0 aliphatic heterocycles. The van der Waals surface area contributed by atoms with Gasteiger partial charge in [-0.25, -0.2) is 0 Å². The number of Topliss-reactive ketones (excluding diaryl/α,β-unsaturated/α-hetero) is 1. The number of ether oxygens (including phenoxy) is 2. The molecule has 2 rings (SSSR count). The normalized spacial score (nSPS) is 15.8. The van der Waals surface area contributed by atoms with Crippen molar-refractivity contribution >= 4 is 5.78 Å². The molecule has 0 saturated carbocycles. The third-order valence-corrected chi connectivity index (χ3v) is 3.06. The molecule has 0 amide bonds. The third kappa shape index (κ3) is 2.86. The van der Waals surface area contributed by atoms with E-state index in [1.807, 2.05) is 25.1 Å². The molecule has 1 aromatic carbocycles. The van der Waals surface area contributed by atoms with Gasteiger partial charge in [-0.1, -0.05) is 0 Å². The van der Waals surface area contributed by atoms with Gasteiger partial charge in [-0.3, -0.25) is 4.79 Å². The van der Waals surface area contributed by atoms with Crippen LogP contribution in [0.2, 0.25) is 0 Å². The summed E-state index contributed by atoms with van der Waals surface area (Å²) in [4.78, 5) is 11.5. The van der Waals surface area contributed by atoms with E-state index < -0.39 is 0 Å². The van der Waals surface area contributed by atoms with Crippen LogP contribution < -0.4 is 4.74 Å². The molecular formula is C14H18O3. The number of ketones is 1. The molecule has 0 fully saturated rings. The van der Waals surface area contributed by atoms with Crippen LogP contribution in [0.1, 0.15) is 35.7 Å². The summed E-state index contributed by atoms with van der Waals surface area (Å²) in [6.07, 6.45) is 2.48. The molecule has 0 bridgehead atoms.